The van der Waals surface area contributed by atoms with Crippen molar-refractivity contribution in [2.75, 3.05) is 7.11 Å². The molecule has 1 aliphatic rings. The average molecular weight is 320 g/mol. The highest BCUT2D eigenvalue weighted by Gasteiger charge is 2.45. The Kier molecular flexibility index (Phi) is 5.09. The first kappa shape index (κ1) is 17.5. The maximum atomic E-state index is 12.7. The molecule has 1 aromatic carbocycles. The van der Waals surface area contributed by atoms with E-state index in [1.54, 1.807) is 31.2 Å². The molecule has 5 nitrogen and oxygen atoms in total. The van der Waals surface area contributed by atoms with Gasteiger partial charge < -0.3 is 14.2 Å². The minimum Gasteiger partial charge on any atom is -0.466 e. The van der Waals surface area contributed by atoms with Crippen molar-refractivity contribution in [3.63, 3.8) is 0 Å². The normalized spacial score (nSPS) is 24.5. The van der Waals surface area contributed by atoms with Crippen molar-refractivity contribution in [3.8, 4) is 0 Å². The van der Waals surface area contributed by atoms with E-state index in [9.17, 15) is 9.59 Å². The zero-order valence-electron chi connectivity index (χ0n) is 14.1. The van der Waals surface area contributed by atoms with Crippen LogP contribution in [0.1, 0.15) is 51.7 Å². The Bertz CT molecular complexity index is 566. The van der Waals surface area contributed by atoms with Gasteiger partial charge in [0.2, 0.25) is 6.10 Å². The molecule has 0 aromatic heterocycles. The number of rotatable bonds is 4. The smallest absolute Gasteiger partial charge is 0.351 e. The highest BCUT2D eigenvalue weighted by Crippen LogP contribution is 2.37. The Balaban J connectivity index is 2.19. The van der Waals surface area contributed by atoms with E-state index >= 15 is 0 Å². The van der Waals surface area contributed by atoms with E-state index in [4.69, 9.17) is 14.2 Å². The molecule has 5 heteroatoms. The molecule has 0 amide bonds. The van der Waals surface area contributed by atoms with Gasteiger partial charge in [-0.05, 0) is 40.0 Å². The van der Waals surface area contributed by atoms with Gasteiger partial charge >= 0.3 is 11.9 Å². The number of methoxy groups -OCH3 is 1. The van der Waals surface area contributed by atoms with Gasteiger partial charge in [-0.15, -0.1) is 0 Å². The molecule has 0 aliphatic carbocycles. The lowest BCUT2D eigenvalue weighted by molar-refractivity contribution is -0.209. The summed E-state index contributed by atoms with van der Waals surface area (Å²) in [6.45, 7) is 5.62. The maximum absolute atomic E-state index is 12.7. The molecule has 2 atom stereocenters. The summed E-state index contributed by atoms with van der Waals surface area (Å²) in [7, 11) is 1.27. The maximum Gasteiger partial charge on any atom is 0.351 e. The standard InChI is InChI=1S/C18H24O5/c1-17(2)11-8-12-18(3,23-17)16(20)22-14(15(19)21-4)13-9-6-5-7-10-13/h5-7,9-10,14H,8,11-12H2,1-4H3. The first-order valence-corrected chi connectivity index (χ1v) is 7.81. The molecule has 1 saturated heterocycles. The molecule has 1 fully saturated rings. The molecule has 0 saturated carbocycles. The van der Waals surface area contributed by atoms with E-state index in [-0.39, 0.29) is 5.60 Å². The lowest BCUT2D eigenvalue weighted by Crippen LogP contribution is -2.50. The molecule has 0 N–H and O–H groups in total. The van der Waals surface area contributed by atoms with Crippen molar-refractivity contribution in [3.05, 3.63) is 35.9 Å². The number of hydrogen-bond donors (Lipinski definition) is 0. The number of carbonyl (C=O) groups is 2. The van der Waals surface area contributed by atoms with E-state index in [0.29, 0.717) is 12.0 Å². The largest absolute Gasteiger partial charge is 0.466 e. The van der Waals surface area contributed by atoms with Gasteiger partial charge in [-0.25, -0.2) is 9.59 Å². The molecule has 0 spiro atoms. The van der Waals surface area contributed by atoms with Crippen molar-refractivity contribution in [1.82, 2.24) is 0 Å². The molecule has 1 heterocycles. The van der Waals surface area contributed by atoms with Crippen LogP contribution in [-0.2, 0) is 23.8 Å². The van der Waals surface area contributed by atoms with Crippen LogP contribution >= 0.6 is 0 Å². The summed E-state index contributed by atoms with van der Waals surface area (Å²) in [6.07, 6.45) is 1.24. The highest BCUT2D eigenvalue weighted by molar-refractivity contribution is 5.84. The summed E-state index contributed by atoms with van der Waals surface area (Å²) in [4.78, 5) is 24.7. The van der Waals surface area contributed by atoms with Crippen LogP contribution in [0.15, 0.2) is 30.3 Å². The second-order valence-electron chi connectivity index (χ2n) is 6.67. The summed E-state index contributed by atoms with van der Waals surface area (Å²) < 4.78 is 16.2. The topological polar surface area (TPSA) is 61.8 Å². The van der Waals surface area contributed by atoms with Crippen molar-refractivity contribution >= 4 is 11.9 Å². The molecule has 1 aromatic rings. The molecule has 1 aliphatic heterocycles. The number of esters is 2. The van der Waals surface area contributed by atoms with E-state index in [0.717, 1.165) is 12.8 Å². The molecule has 0 radical (unpaired) electrons. The van der Waals surface area contributed by atoms with Crippen LogP contribution in [0.25, 0.3) is 0 Å². The van der Waals surface area contributed by atoms with Crippen molar-refractivity contribution in [1.29, 1.82) is 0 Å². The van der Waals surface area contributed by atoms with Crippen LogP contribution in [0.5, 0.6) is 0 Å². The predicted octanol–water partition coefficient (Wildman–Crippen LogP) is 3.18. The van der Waals surface area contributed by atoms with Crippen LogP contribution in [0.4, 0.5) is 0 Å². The van der Waals surface area contributed by atoms with Crippen LogP contribution in [0.3, 0.4) is 0 Å². The third kappa shape index (κ3) is 4.10. The van der Waals surface area contributed by atoms with Crippen molar-refractivity contribution in [2.24, 2.45) is 0 Å². The molecule has 2 unspecified atom stereocenters. The van der Waals surface area contributed by atoms with Crippen molar-refractivity contribution < 1.29 is 23.8 Å². The number of benzene rings is 1. The zero-order valence-corrected chi connectivity index (χ0v) is 14.1. The zero-order chi connectivity index (χ0) is 17.1. The van der Waals surface area contributed by atoms with Gasteiger partial charge in [0.15, 0.2) is 5.60 Å². The molecular formula is C18H24O5. The molecule has 23 heavy (non-hydrogen) atoms. The van der Waals surface area contributed by atoms with Gasteiger partial charge in [-0.1, -0.05) is 30.3 Å². The molecule has 126 valence electrons. The van der Waals surface area contributed by atoms with Crippen LogP contribution in [0, 0.1) is 0 Å². The quantitative estimate of drug-likeness (QED) is 0.797. The summed E-state index contributed by atoms with van der Waals surface area (Å²) in [5, 5.41) is 0. The monoisotopic (exact) mass is 320 g/mol. The SMILES string of the molecule is COC(=O)C(OC(=O)C1(C)CCCC(C)(C)O1)c1ccccc1. The van der Waals surface area contributed by atoms with Gasteiger partial charge in [0.25, 0.3) is 0 Å². The Morgan fingerprint density at radius 3 is 2.35 bits per heavy atom. The Hall–Kier alpha value is -1.88. The molecule has 2 rings (SSSR count). The predicted molar refractivity (Wildman–Crippen MR) is 84.7 cm³/mol. The number of carbonyl (C=O) groups excluding carboxylic acids is 2. The molecule has 0 bridgehead atoms. The number of ether oxygens (including phenoxy) is 3. The first-order chi connectivity index (χ1) is 10.8. The van der Waals surface area contributed by atoms with Gasteiger partial charge in [-0.3, -0.25) is 0 Å². The van der Waals surface area contributed by atoms with E-state index in [1.807, 2.05) is 19.9 Å². The fourth-order valence-corrected chi connectivity index (χ4v) is 2.93. The third-order valence-corrected chi connectivity index (χ3v) is 4.11. The fraction of sp³-hybridized carbons (Fsp3) is 0.556. The van der Waals surface area contributed by atoms with Gasteiger partial charge in [0.1, 0.15) is 0 Å². The van der Waals surface area contributed by atoms with Crippen LogP contribution < -0.4 is 0 Å². The van der Waals surface area contributed by atoms with E-state index in [1.165, 1.54) is 7.11 Å². The van der Waals surface area contributed by atoms with Crippen LogP contribution in [0.2, 0.25) is 0 Å². The summed E-state index contributed by atoms with van der Waals surface area (Å²) >= 11 is 0. The third-order valence-electron chi connectivity index (χ3n) is 4.11. The lowest BCUT2D eigenvalue weighted by atomic mass is 9.88. The Morgan fingerprint density at radius 2 is 1.78 bits per heavy atom. The van der Waals surface area contributed by atoms with E-state index < -0.39 is 23.6 Å². The van der Waals surface area contributed by atoms with Gasteiger partial charge in [-0.2, -0.15) is 0 Å². The summed E-state index contributed by atoms with van der Waals surface area (Å²) in [5.41, 5.74) is -0.867. The van der Waals surface area contributed by atoms with Gasteiger partial charge in [0, 0.05) is 5.56 Å². The fourth-order valence-electron chi connectivity index (χ4n) is 2.93. The summed E-state index contributed by atoms with van der Waals surface area (Å²) in [6, 6.07) is 8.83. The first-order valence-electron chi connectivity index (χ1n) is 7.81. The second-order valence-corrected chi connectivity index (χ2v) is 6.67. The average Bonchev–Trinajstić information content (AvgIpc) is 2.51. The van der Waals surface area contributed by atoms with Crippen molar-refractivity contribution in [2.45, 2.75) is 57.3 Å². The second kappa shape index (κ2) is 6.71. The van der Waals surface area contributed by atoms with Gasteiger partial charge in [0.05, 0.1) is 12.7 Å². The Labute approximate surface area is 136 Å². The Morgan fingerprint density at radius 1 is 1.13 bits per heavy atom. The summed E-state index contributed by atoms with van der Waals surface area (Å²) in [5.74, 6) is -1.15. The highest BCUT2D eigenvalue weighted by atomic mass is 16.6. The minimum absolute atomic E-state index is 0.389. The lowest BCUT2D eigenvalue weighted by Gasteiger charge is -2.41. The van der Waals surface area contributed by atoms with Crippen LogP contribution in [-0.4, -0.2) is 30.3 Å². The number of hydrogen-bond acceptors (Lipinski definition) is 5. The van der Waals surface area contributed by atoms with E-state index in [2.05, 4.69) is 0 Å². The molecular weight excluding hydrogens is 296 g/mol. The minimum atomic E-state index is -1.08.